The molecule has 1 atom stereocenters. The Hall–Kier alpha value is -2.19. The summed E-state index contributed by atoms with van der Waals surface area (Å²) in [5, 5.41) is 12.0. The normalized spacial score (nSPS) is 14.2. The highest BCUT2D eigenvalue weighted by Crippen LogP contribution is 2.30. The number of rotatable bonds is 2. The van der Waals surface area contributed by atoms with Crippen molar-refractivity contribution in [3.63, 3.8) is 0 Å². The fourth-order valence-electron chi connectivity index (χ4n) is 2.41. The topological polar surface area (TPSA) is 33.1 Å². The highest BCUT2D eigenvalue weighted by molar-refractivity contribution is 5.79. The van der Waals surface area contributed by atoms with Crippen LogP contribution in [0.1, 0.15) is 23.6 Å². The number of fused-ring (bicyclic) bond motifs is 1. The minimum Gasteiger partial charge on any atom is -0.381 e. The maximum atomic E-state index is 10.9. The van der Waals surface area contributed by atoms with E-state index in [1.165, 1.54) is 5.56 Å². The van der Waals surface area contributed by atoms with Crippen molar-refractivity contribution in [2.24, 2.45) is 0 Å². The third-order valence-corrected chi connectivity index (χ3v) is 3.78. The Labute approximate surface area is 118 Å². The molecule has 0 saturated carbocycles. The number of nitrogens with zero attached hydrogens (tertiary/aromatic N) is 1. The maximum absolute atomic E-state index is 10.9. The smallest absolute Gasteiger partial charge is 0.112 e. The summed E-state index contributed by atoms with van der Waals surface area (Å²) in [4.78, 5) is 4.35. The Bertz CT molecular complexity index is 745. The van der Waals surface area contributed by atoms with E-state index in [1.54, 1.807) is 6.20 Å². The summed E-state index contributed by atoms with van der Waals surface area (Å²) in [5.74, 6) is 0. The largest absolute Gasteiger partial charge is 0.381 e. The van der Waals surface area contributed by atoms with Crippen molar-refractivity contribution in [1.29, 1.82) is 0 Å². The Morgan fingerprint density at radius 1 is 0.950 bits per heavy atom. The van der Waals surface area contributed by atoms with Gasteiger partial charge in [-0.3, -0.25) is 4.98 Å². The van der Waals surface area contributed by atoms with Crippen molar-refractivity contribution < 1.29 is 5.11 Å². The van der Waals surface area contributed by atoms with Crippen LogP contribution in [0.4, 0.5) is 0 Å². The zero-order chi connectivity index (χ0) is 14.2. The first-order chi connectivity index (χ1) is 9.57. The Balaban J connectivity index is 2.10. The van der Waals surface area contributed by atoms with Crippen LogP contribution in [0.15, 0.2) is 60.8 Å². The Kier molecular flexibility index (Phi) is 3.03. The molecule has 1 heterocycles. The van der Waals surface area contributed by atoms with Crippen molar-refractivity contribution in [2.75, 3.05) is 0 Å². The highest BCUT2D eigenvalue weighted by atomic mass is 16.3. The van der Waals surface area contributed by atoms with Crippen molar-refractivity contribution in [3.8, 4) is 0 Å². The lowest BCUT2D eigenvalue weighted by Gasteiger charge is -2.25. The van der Waals surface area contributed by atoms with Gasteiger partial charge in [-0.1, -0.05) is 48.0 Å². The van der Waals surface area contributed by atoms with E-state index in [0.29, 0.717) is 0 Å². The van der Waals surface area contributed by atoms with Gasteiger partial charge in [-0.2, -0.15) is 0 Å². The van der Waals surface area contributed by atoms with Crippen molar-refractivity contribution in [3.05, 3.63) is 77.5 Å². The van der Waals surface area contributed by atoms with Crippen molar-refractivity contribution in [1.82, 2.24) is 4.98 Å². The number of aliphatic hydroxyl groups is 1. The molecular weight excluding hydrogens is 246 g/mol. The van der Waals surface area contributed by atoms with Gasteiger partial charge in [-0.05, 0) is 37.1 Å². The average Bonchev–Trinajstić information content (AvgIpc) is 2.47. The molecule has 0 bridgehead atoms. The van der Waals surface area contributed by atoms with Crippen molar-refractivity contribution in [2.45, 2.75) is 19.4 Å². The Morgan fingerprint density at radius 2 is 1.65 bits per heavy atom. The second kappa shape index (κ2) is 4.73. The fourth-order valence-corrected chi connectivity index (χ4v) is 2.41. The molecule has 0 aliphatic carbocycles. The molecule has 3 aromatic rings. The van der Waals surface area contributed by atoms with Crippen LogP contribution in [0.25, 0.3) is 10.9 Å². The molecule has 0 aliphatic rings. The molecule has 1 N–H and O–H groups in total. The number of hydrogen-bond donors (Lipinski definition) is 1. The van der Waals surface area contributed by atoms with Crippen LogP contribution in [0, 0.1) is 6.92 Å². The second-order valence-corrected chi connectivity index (χ2v) is 5.35. The van der Waals surface area contributed by atoms with Crippen LogP contribution in [0.2, 0.25) is 0 Å². The zero-order valence-corrected chi connectivity index (χ0v) is 11.7. The summed E-state index contributed by atoms with van der Waals surface area (Å²) in [6, 6.07) is 17.8. The summed E-state index contributed by atoms with van der Waals surface area (Å²) in [6.45, 7) is 3.86. The minimum atomic E-state index is -1.01. The molecule has 0 spiro atoms. The lowest BCUT2D eigenvalue weighted by Crippen LogP contribution is -2.22. The standard InChI is InChI=1S/C18H17NO/c1-13-5-8-15(9-6-13)18(2,20)16-10-7-14-4-3-11-19-17(14)12-16/h3-12,20H,1-2H3. The van der Waals surface area contributed by atoms with E-state index in [0.717, 1.165) is 22.0 Å². The number of hydrogen-bond acceptors (Lipinski definition) is 2. The zero-order valence-electron chi connectivity index (χ0n) is 11.7. The van der Waals surface area contributed by atoms with Gasteiger partial charge in [0.05, 0.1) is 5.52 Å². The first kappa shape index (κ1) is 12.8. The SMILES string of the molecule is Cc1ccc(C(C)(O)c2ccc3cccnc3c2)cc1. The predicted octanol–water partition coefficient (Wildman–Crippen LogP) is 3.80. The van der Waals surface area contributed by atoms with Gasteiger partial charge >= 0.3 is 0 Å². The van der Waals surface area contributed by atoms with E-state index in [1.807, 2.05) is 68.4 Å². The van der Waals surface area contributed by atoms with E-state index in [4.69, 9.17) is 0 Å². The maximum Gasteiger partial charge on any atom is 0.112 e. The number of pyridine rings is 1. The van der Waals surface area contributed by atoms with Crippen LogP contribution < -0.4 is 0 Å². The summed E-state index contributed by atoms with van der Waals surface area (Å²) in [6.07, 6.45) is 1.77. The van der Waals surface area contributed by atoms with Gasteiger partial charge in [-0.25, -0.2) is 0 Å². The van der Waals surface area contributed by atoms with E-state index in [-0.39, 0.29) is 0 Å². The van der Waals surface area contributed by atoms with Gasteiger partial charge in [0, 0.05) is 11.6 Å². The van der Waals surface area contributed by atoms with Gasteiger partial charge in [0.2, 0.25) is 0 Å². The van der Waals surface area contributed by atoms with Crippen LogP contribution in [0.5, 0.6) is 0 Å². The minimum absolute atomic E-state index is 0.854. The third-order valence-electron chi connectivity index (χ3n) is 3.78. The van der Waals surface area contributed by atoms with Crippen LogP contribution in [0.3, 0.4) is 0 Å². The quantitative estimate of drug-likeness (QED) is 0.763. The van der Waals surface area contributed by atoms with Gasteiger partial charge in [0.15, 0.2) is 0 Å². The average molecular weight is 263 g/mol. The van der Waals surface area contributed by atoms with Crippen molar-refractivity contribution >= 4 is 10.9 Å². The highest BCUT2D eigenvalue weighted by Gasteiger charge is 2.25. The second-order valence-electron chi connectivity index (χ2n) is 5.35. The summed E-state index contributed by atoms with van der Waals surface area (Å²) >= 11 is 0. The number of aromatic nitrogens is 1. The van der Waals surface area contributed by atoms with E-state index < -0.39 is 5.60 Å². The summed E-state index contributed by atoms with van der Waals surface area (Å²) in [7, 11) is 0. The third kappa shape index (κ3) is 2.19. The molecule has 2 heteroatoms. The molecular formula is C18H17NO. The van der Waals surface area contributed by atoms with Crippen LogP contribution in [-0.2, 0) is 5.60 Å². The molecule has 2 nitrogen and oxygen atoms in total. The van der Waals surface area contributed by atoms with Gasteiger partial charge in [0.25, 0.3) is 0 Å². The molecule has 0 amide bonds. The monoisotopic (exact) mass is 263 g/mol. The van der Waals surface area contributed by atoms with E-state index >= 15 is 0 Å². The molecule has 3 rings (SSSR count). The molecule has 0 saturated heterocycles. The first-order valence-electron chi connectivity index (χ1n) is 6.72. The molecule has 2 aromatic carbocycles. The molecule has 100 valence electrons. The van der Waals surface area contributed by atoms with Gasteiger partial charge in [-0.15, -0.1) is 0 Å². The predicted molar refractivity (Wildman–Crippen MR) is 81.6 cm³/mol. The summed E-state index contributed by atoms with van der Waals surface area (Å²) in [5.41, 5.74) is 2.81. The molecule has 20 heavy (non-hydrogen) atoms. The molecule has 0 aliphatic heterocycles. The molecule has 1 unspecified atom stereocenters. The molecule has 0 radical (unpaired) electrons. The number of benzene rings is 2. The Morgan fingerprint density at radius 3 is 2.40 bits per heavy atom. The van der Waals surface area contributed by atoms with Gasteiger partial charge < -0.3 is 5.11 Å². The molecule has 1 aromatic heterocycles. The van der Waals surface area contributed by atoms with E-state index in [2.05, 4.69) is 4.98 Å². The summed E-state index contributed by atoms with van der Waals surface area (Å²) < 4.78 is 0. The van der Waals surface area contributed by atoms with Crippen LogP contribution in [-0.4, -0.2) is 10.1 Å². The molecule has 0 fully saturated rings. The lowest BCUT2D eigenvalue weighted by atomic mass is 9.87. The van der Waals surface area contributed by atoms with Crippen LogP contribution >= 0.6 is 0 Å². The lowest BCUT2D eigenvalue weighted by molar-refractivity contribution is 0.102. The fraction of sp³-hybridized carbons (Fsp3) is 0.167. The van der Waals surface area contributed by atoms with Gasteiger partial charge in [0.1, 0.15) is 5.60 Å². The number of aryl methyl sites for hydroxylation is 1. The first-order valence-corrected chi connectivity index (χ1v) is 6.72. The van der Waals surface area contributed by atoms with E-state index in [9.17, 15) is 5.11 Å².